The molecule has 0 aliphatic carbocycles. The topological polar surface area (TPSA) is 58.6 Å². The van der Waals surface area contributed by atoms with Crippen LogP contribution in [0.3, 0.4) is 0 Å². The number of para-hydroxylation sites is 1. The van der Waals surface area contributed by atoms with Gasteiger partial charge in [-0.2, -0.15) is 0 Å². The first kappa shape index (κ1) is 19.8. The van der Waals surface area contributed by atoms with Crippen molar-refractivity contribution in [3.05, 3.63) is 48.4 Å². The van der Waals surface area contributed by atoms with Crippen molar-refractivity contribution in [1.29, 1.82) is 0 Å². The molecule has 2 saturated heterocycles. The van der Waals surface area contributed by atoms with Crippen LogP contribution in [0.5, 0.6) is 11.6 Å². The third kappa shape index (κ3) is 5.32. The summed E-state index contributed by atoms with van der Waals surface area (Å²) in [5.41, 5.74) is 0.853. The summed E-state index contributed by atoms with van der Waals surface area (Å²) in [6.45, 7) is 4.97. The molecule has 29 heavy (non-hydrogen) atoms. The number of ether oxygens (including phenoxy) is 1. The van der Waals surface area contributed by atoms with Crippen LogP contribution < -0.4 is 4.74 Å². The van der Waals surface area contributed by atoms with Crippen molar-refractivity contribution in [2.75, 3.05) is 32.7 Å². The van der Waals surface area contributed by atoms with Crippen LogP contribution >= 0.6 is 0 Å². The highest BCUT2D eigenvalue weighted by molar-refractivity contribution is 5.76. The van der Waals surface area contributed by atoms with E-state index in [1.807, 2.05) is 35.2 Å². The van der Waals surface area contributed by atoms with Gasteiger partial charge in [-0.3, -0.25) is 9.78 Å². The molecule has 3 heterocycles. The molecule has 2 aliphatic heterocycles. The zero-order valence-electron chi connectivity index (χ0n) is 17.0. The third-order valence-corrected chi connectivity index (χ3v) is 5.87. The van der Waals surface area contributed by atoms with E-state index < -0.39 is 0 Å². The third-order valence-electron chi connectivity index (χ3n) is 5.87. The summed E-state index contributed by atoms with van der Waals surface area (Å²) in [6.07, 6.45) is 9.55. The average Bonchev–Trinajstić information content (AvgIpc) is 3.28. The van der Waals surface area contributed by atoms with Crippen molar-refractivity contribution in [2.24, 2.45) is 0 Å². The van der Waals surface area contributed by atoms with Crippen molar-refractivity contribution < 1.29 is 9.53 Å². The van der Waals surface area contributed by atoms with Gasteiger partial charge in [0.2, 0.25) is 11.8 Å². The molecule has 0 spiro atoms. The monoisotopic (exact) mass is 394 g/mol. The first-order valence-corrected chi connectivity index (χ1v) is 10.8. The maximum absolute atomic E-state index is 12.8. The molecule has 154 valence electrons. The molecule has 1 atom stereocenters. The van der Waals surface area contributed by atoms with E-state index in [0.717, 1.165) is 43.8 Å². The molecule has 2 aliphatic rings. The number of aromatic nitrogens is 2. The number of likely N-dealkylation sites (tertiary alicyclic amines) is 2. The van der Waals surface area contributed by atoms with Crippen molar-refractivity contribution in [3.63, 3.8) is 0 Å². The molecular weight excluding hydrogens is 364 g/mol. The highest BCUT2D eigenvalue weighted by Crippen LogP contribution is 2.32. The Labute approximate surface area is 172 Å². The number of carbonyl (C=O) groups excluding carboxylic acids is 1. The minimum Gasteiger partial charge on any atom is -0.437 e. The van der Waals surface area contributed by atoms with E-state index >= 15 is 0 Å². The van der Waals surface area contributed by atoms with Crippen molar-refractivity contribution in [3.8, 4) is 11.6 Å². The largest absolute Gasteiger partial charge is 0.437 e. The van der Waals surface area contributed by atoms with E-state index in [-0.39, 0.29) is 11.8 Å². The summed E-state index contributed by atoms with van der Waals surface area (Å²) < 4.78 is 6.00. The van der Waals surface area contributed by atoms with Crippen molar-refractivity contribution >= 4 is 5.91 Å². The van der Waals surface area contributed by atoms with Gasteiger partial charge in [-0.1, -0.05) is 18.2 Å². The predicted molar refractivity (Wildman–Crippen MR) is 112 cm³/mol. The lowest BCUT2D eigenvalue weighted by Crippen LogP contribution is -2.39. The lowest BCUT2D eigenvalue weighted by atomic mass is 9.94. The lowest BCUT2D eigenvalue weighted by Gasteiger charge is -2.33. The van der Waals surface area contributed by atoms with E-state index in [4.69, 9.17) is 4.74 Å². The maximum atomic E-state index is 12.8. The molecule has 0 radical (unpaired) electrons. The Morgan fingerprint density at radius 2 is 1.83 bits per heavy atom. The number of amides is 1. The Morgan fingerprint density at radius 1 is 1.03 bits per heavy atom. The summed E-state index contributed by atoms with van der Waals surface area (Å²) >= 11 is 0. The van der Waals surface area contributed by atoms with Gasteiger partial charge in [-0.05, 0) is 63.9 Å². The van der Waals surface area contributed by atoms with Gasteiger partial charge in [0.05, 0.1) is 0 Å². The quantitative estimate of drug-likeness (QED) is 0.714. The second kappa shape index (κ2) is 9.83. The van der Waals surface area contributed by atoms with Gasteiger partial charge in [-0.15, -0.1) is 0 Å². The molecule has 0 N–H and O–H groups in total. The van der Waals surface area contributed by atoms with Crippen LogP contribution in [0.4, 0.5) is 0 Å². The fourth-order valence-corrected chi connectivity index (χ4v) is 4.34. The number of hydrogen-bond acceptors (Lipinski definition) is 5. The Kier molecular flexibility index (Phi) is 6.72. The fraction of sp³-hybridized carbons (Fsp3) is 0.522. The molecule has 4 rings (SSSR count). The van der Waals surface area contributed by atoms with Crippen molar-refractivity contribution in [2.45, 2.75) is 44.4 Å². The standard InChI is InChI=1S/C23H30N4O2/c28-21(11-7-16-26-14-4-5-15-26)27-17-6-8-19(18-27)22-23(25-13-12-24-22)29-20-9-2-1-3-10-20/h1-3,9-10,12-13,19H,4-8,11,14-18H2/t19-/m0/s1. The molecule has 2 aromatic rings. The molecule has 1 aromatic carbocycles. The summed E-state index contributed by atoms with van der Waals surface area (Å²) in [6, 6.07) is 9.66. The maximum Gasteiger partial charge on any atom is 0.241 e. The summed E-state index contributed by atoms with van der Waals surface area (Å²) in [5.74, 6) is 1.73. The van der Waals surface area contributed by atoms with Gasteiger partial charge in [0.25, 0.3) is 0 Å². The first-order chi connectivity index (χ1) is 14.3. The summed E-state index contributed by atoms with van der Waals surface area (Å²) in [7, 11) is 0. The van der Waals surface area contributed by atoms with Crippen LogP contribution in [0.1, 0.15) is 50.1 Å². The highest BCUT2D eigenvalue weighted by Gasteiger charge is 2.28. The lowest BCUT2D eigenvalue weighted by molar-refractivity contribution is -0.132. The number of nitrogens with zero attached hydrogens (tertiary/aromatic N) is 4. The van der Waals surface area contributed by atoms with Crippen LogP contribution in [0.2, 0.25) is 0 Å². The molecule has 6 nitrogen and oxygen atoms in total. The molecule has 0 unspecified atom stereocenters. The first-order valence-electron chi connectivity index (χ1n) is 10.8. The Morgan fingerprint density at radius 3 is 2.66 bits per heavy atom. The number of hydrogen-bond donors (Lipinski definition) is 0. The van der Waals surface area contributed by atoms with Gasteiger partial charge in [0.1, 0.15) is 11.4 Å². The zero-order chi connectivity index (χ0) is 19.9. The van der Waals surface area contributed by atoms with E-state index in [9.17, 15) is 4.79 Å². The van der Waals surface area contributed by atoms with Gasteiger partial charge in [0, 0.05) is 37.8 Å². The summed E-state index contributed by atoms with van der Waals surface area (Å²) in [4.78, 5) is 26.2. The van der Waals surface area contributed by atoms with Gasteiger partial charge in [-0.25, -0.2) is 4.98 Å². The minimum absolute atomic E-state index is 0.165. The fourth-order valence-electron chi connectivity index (χ4n) is 4.34. The second-order valence-electron chi connectivity index (χ2n) is 7.99. The Balaban J connectivity index is 1.36. The number of benzene rings is 1. The molecule has 0 saturated carbocycles. The highest BCUT2D eigenvalue weighted by atomic mass is 16.5. The zero-order valence-corrected chi connectivity index (χ0v) is 17.0. The predicted octanol–water partition coefficient (Wildman–Crippen LogP) is 3.85. The molecule has 2 fully saturated rings. The normalized spacial score (nSPS) is 20.0. The van der Waals surface area contributed by atoms with Gasteiger partial charge in [0.15, 0.2) is 0 Å². The molecule has 0 bridgehead atoms. The Hall–Kier alpha value is -2.47. The van der Waals surface area contributed by atoms with Crippen LogP contribution in [-0.2, 0) is 4.79 Å². The van der Waals surface area contributed by atoms with E-state index in [0.29, 0.717) is 18.8 Å². The van der Waals surface area contributed by atoms with E-state index in [1.54, 1.807) is 12.4 Å². The van der Waals surface area contributed by atoms with Gasteiger partial charge < -0.3 is 14.5 Å². The van der Waals surface area contributed by atoms with Crippen molar-refractivity contribution in [1.82, 2.24) is 19.8 Å². The average molecular weight is 395 g/mol. The smallest absolute Gasteiger partial charge is 0.241 e. The van der Waals surface area contributed by atoms with Crippen LogP contribution in [0.25, 0.3) is 0 Å². The molecule has 1 aromatic heterocycles. The van der Waals surface area contributed by atoms with Crippen LogP contribution in [0, 0.1) is 0 Å². The SMILES string of the molecule is O=C(CCCN1CCCC1)N1CCC[C@H](c2nccnc2Oc2ccccc2)C1. The van der Waals surface area contributed by atoms with Crippen LogP contribution in [-0.4, -0.2) is 58.4 Å². The van der Waals surface area contributed by atoms with E-state index in [2.05, 4.69) is 14.9 Å². The molecule has 6 heteroatoms. The molecule has 1 amide bonds. The van der Waals surface area contributed by atoms with Crippen LogP contribution in [0.15, 0.2) is 42.7 Å². The number of rotatable bonds is 7. The van der Waals surface area contributed by atoms with E-state index in [1.165, 1.54) is 25.9 Å². The number of carbonyl (C=O) groups is 1. The minimum atomic E-state index is 0.165. The number of piperidine rings is 1. The second-order valence-corrected chi connectivity index (χ2v) is 7.99. The summed E-state index contributed by atoms with van der Waals surface area (Å²) in [5, 5.41) is 0. The molecular formula is C23H30N4O2. The van der Waals surface area contributed by atoms with Gasteiger partial charge >= 0.3 is 0 Å². The Bertz CT molecular complexity index is 792.